The van der Waals surface area contributed by atoms with Crippen molar-refractivity contribution >= 4 is 33.5 Å². The summed E-state index contributed by atoms with van der Waals surface area (Å²) in [7, 11) is -3.82. The molecule has 1 aromatic carbocycles. The Kier molecular flexibility index (Phi) is 7.65. The van der Waals surface area contributed by atoms with E-state index < -0.39 is 16.0 Å². The van der Waals surface area contributed by atoms with Crippen LogP contribution in [0.1, 0.15) is 50.4 Å². The van der Waals surface area contributed by atoms with Gasteiger partial charge in [-0.2, -0.15) is 4.31 Å². The fourth-order valence-electron chi connectivity index (χ4n) is 4.50. The lowest BCUT2D eigenvalue weighted by Gasteiger charge is -2.34. The minimum atomic E-state index is -3.82. The number of esters is 1. The van der Waals surface area contributed by atoms with Gasteiger partial charge >= 0.3 is 5.97 Å². The number of benzene rings is 1. The second kappa shape index (κ2) is 9.88. The van der Waals surface area contributed by atoms with Crippen LogP contribution in [0.4, 0.5) is 0 Å². The zero-order valence-corrected chi connectivity index (χ0v) is 19.9. The number of piperidine rings is 2. The molecule has 1 aromatic rings. The standard InChI is InChI=1S/C22H31ClN2O5S/c1-15-5-4-8-25(13-15)31(28,29)20-10-18(6-7-19(20)23)22(27)30-14-21(26)24-11-16(2)9-17(3)12-24/h6-7,10,15-17H,4-5,8-9,11-14H2,1-3H3. The number of rotatable bonds is 5. The van der Waals surface area contributed by atoms with Crippen molar-refractivity contribution in [1.82, 2.24) is 9.21 Å². The van der Waals surface area contributed by atoms with E-state index in [1.165, 1.54) is 22.5 Å². The highest BCUT2D eigenvalue weighted by molar-refractivity contribution is 7.89. The molecule has 2 aliphatic heterocycles. The summed E-state index contributed by atoms with van der Waals surface area (Å²) in [4.78, 5) is 26.6. The van der Waals surface area contributed by atoms with Gasteiger partial charge in [-0.15, -0.1) is 0 Å². The Balaban J connectivity index is 1.69. The molecule has 0 saturated carbocycles. The Labute approximate surface area is 189 Å². The number of halogens is 1. The van der Waals surface area contributed by atoms with Crippen molar-refractivity contribution in [3.63, 3.8) is 0 Å². The number of likely N-dealkylation sites (tertiary alicyclic amines) is 1. The van der Waals surface area contributed by atoms with Crippen LogP contribution >= 0.6 is 11.6 Å². The molecule has 2 heterocycles. The van der Waals surface area contributed by atoms with Crippen LogP contribution in [-0.4, -0.2) is 62.3 Å². The normalized spacial score (nSPS) is 25.3. The number of sulfonamides is 1. The highest BCUT2D eigenvalue weighted by atomic mass is 35.5. The molecule has 2 fully saturated rings. The Hall–Kier alpha value is -1.64. The number of hydrogen-bond acceptors (Lipinski definition) is 5. The smallest absolute Gasteiger partial charge is 0.338 e. The van der Waals surface area contributed by atoms with E-state index in [4.69, 9.17) is 16.3 Å². The molecule has 0 radical (unpaired) electrons. The van der Waals surface area contributed by atoms with Crippen LogP contribution < -0.4 is 0 Å². The molecule has 7 nitrogen and oxygen atoms in total. The van der Waals surface area contributed by atoms with E-state index in [2.05, 4.69) is 13.8 Å². The number of nitrogens with zero attached hydrogens (tertiary/aromatic N) is 2. The number of carbonyl (C=O) groups is 2. The molecule has 172 valence electrons. The van der Waals surface area contributed by atoms with Gasteiger partial charge in [0, 0.05) is 26.2 Å². The molecule has 1 amide bonds. The fraction of sp³-hybridized carbons (Fsp3) is 0.636. The van der Waals surface area contributed by atoms with E-state index in [1.54, 1.807) is 4.90 Å². The van der Waals surface area contributed by atoms with E-state index in [-0.39, 0.29) is 33.9 Å². The van der Waals surface area contributed by atoms with Gasteiger partial charge in [-0.05, 0) is 55.2 Å². The maximum atomic E-state index is 13.1. The summed E-state index contributed by atoms with van der Waals surface area (Å²) in [5.74, 6) is 0.0963. The number of amides is 1. The molecule has 3 rings (SSSR count). The largest absolute Gasteiger partial charge is 0.452 e. The summed E-state index contributed by atoms with van der Waals surface area (Å²) in [5, 5.41) is 0.0575. The minimum absolute atomic E-state index is 0.0567. The quantitative estimate of drug-likeness (QED) is 0.615. The average molecular weight is 471 g/mol. The summed E-state index contributed by atoms with van der Waals surface area (Å²) in [6, 6.07) is 4.04. The Morgan fingerprint density at radius 2 is 1.77 bits per heavy atom. The second-order valence-electron chi connectivity index (χ2n) is 9.08. The zero-order chi connectivity index (χ0) is 22.8. The fourth-order valence-corrected chi connectivity index (χ4v) is 6.60. The van der Waals surface area contributed by atoms with Crippen molar-refractivity contribution in [3.05, 3.63) is 28.8 Å². The number of carbonyl (C=O) groups excluding carboxylic acids is 2. The SMILES string of the molecule is CC1CC(C)CN(C(=O)COC(=O)c2ccc(Cl)c(S(=O)(=O)N3CCCC(C)C3)c2)C1. The van der Waals surface area contributed by atoms with Crippen molar-refractivity contribution in [2.75, 3.05) is 32.8 Å². The van der Waals surface area contributed by atoms with Gasteiger partial charge in [0.2, 0.25) is 10.0 Å². The van der Waals surface area contributed by atoms with E-state index >= 15 is 0 Å². The molecular weight excluding hydrogens is 440 g/mol. The van der Waals surface area contributed by atoms with Crippen LogP contribution in [0.15, 0.2) is 23.1 Å². The first-order valence-electron chi connectivity index (χ1n) is 10.8. The Morgan fingerprint density at radius 3 is 2.42 bits per heavy atom. The summed E-state index contributed by atoms with van der Waals surface area (Å²) in [6.07, 6.45) is 2.84. The van der Waals surface area contributed by atoms with E-state index in [9.17, 15) is 18.0 Å². The molecular formula is C22H31ClN2O5S. The molecule has 2 saturated heterocycles. The van der Waals surface area contributed by atoms with Crippen molar-refractivity contribution < 1.29 is 22.7 Å². The van der Waals surface area contributed by atoms with E-state index in [0.717, 1.165) is 19.3 Å². The maximum absolute atomic E-state index is 13.1. The van der Waals surface area contributed by atoms with Crippen molar-refractivity contribution in [1.29, 1.82) is 0 Å². The molecule has 0 N–H and O–H groups in total. The monoisotopic (exact) mass is 470 g/mol. The van der Waals surface area contributed by atoms with Crippen LogP contribution in [0.5, 0.6) is 0 Å². The van der Waals surface area contributed by atoms with E-state index in [0.29, 0.717) is 38.0 Å². The molecule has 3 unspecified atom stereocenters. The maximum Gasteiger partial charge on any atom is 0.338 e. The van der Waals surface area contributed by atoms with Gasteiger partial charge in [0.15, 0.2) is 6.61 Å². The first-order chi connectivity index (χ1) is 14.6. The van der Waals surface area contributed by atoms with Gasteiger partial charge in [0.25, 0.3) is 5.91 Å². The van der Waals surface area contributed by atoms with Crippen molar-refractivity contribution in [2.45, 2.75) is 44.9 Å². The summed E-state index contributed by atoms with van der Waals surface area (Å²) in [6.45, 7) is 8.00. The topological polar surface area (TPSA) is 84.0 Å². The molecule has 31 heavy (non-hydrogen) atoms. The highest BCUT2D eigenvalue weighted by Gasteiger charge is 2.31. The van der Waals surface area contributed by atoms with Crippen LogP contribution in [-0.2, 0) is 19.6 Å². The average Bonchev–Trinajstić information content (AvgIpc) is 2.71. The highest BCUT2D eigenvalue weighted by Crippen LogP contribution is 2.29. The summed E-state index contributed by atoms with van der Waals surface area (Å²) in [5.41, 5.74) is 0.0567. The number of hydrogen-bond donors (Lipinski definition) is 0. The zero-order valence-electron chi connectivity index (χ0n) is 18.3. The van der Waals surface area contributed by atoms with Crippen molar-refractivity contribution in [3.8, 4) is 0 Å². The molecule has 9 heteroatoms. The molecule has 3 atom stereocenters. The Bertz CT molecular complexity index is 926. The summed E-state index contributed by atoms with van der Waals surface area (Å²) >= 11 is 6.18. The van der Waals surface area contributed by atoms with Gasteiger partial charge in [0.05, 0.1) is 10.6 Å². The third kappa shape index (κ3) is 5.79. The number of ether oxygens (including phenoxy) is 1. The van der Waals surface area contributed by atoms with Gasteiger partial charge in [-0.1, -0.05) is 32.4 Å². The predicted octanol–water partition coefficient (Wildman–Crippen LogP) is 3.42. The summed E-state index contributed by atoms with van der Waals surface area (Å²) < 4.78 is 32.8. The first-order valence-corrected chi connectivity index (χ1v) is 12.6. The molecule has 0 bridgehead atoms. The lowest BCUT2D eigenvalue weighted by atomic mass is 9.92. The van der Waals surface area contributed by atoms with Gasteiger partial charge in [0.1, 0.15) is 4.90 Å². The third-order valence-corrected chi connectivity index (χ3v) is 8.30. The molecule has 0 aliphatic carbocycles. The molecule has 0 aromatic heterocycles. The lowest BCUT2D eigenvalue weighted by Crippen LogP contribution is -2.44. The molecule has 2 aliphatic rings. The van der Waals surface area contributed by atoms with Gasteiger partial charge in [-0.3, -0.25) is 4.79 Å². The van der Waals surface area contributed by atoms with Crippen LogP contribution in [0.2, 0.25) is 5.02 Å². The van der Waals surface area contributed by atoms with Gasteiger partial charge in [-0.25, -0.2) is 13.2 Å². The van der Waals surface area contributed by atoms with Crippen LogP contribution in [0.25, 0.3) is 0 Å². The predicted molar refractivity (Wildman–Crippen MR) is 118 cm³/mol. The van der Waals surface area contributed by atoms with Crippen molar-refractivity contribution in [2.24, 2.45) is 17.8 Å². The third-order valence-electron chi connectivity index (χ3n) is 5.95. The second-order valence-corrected chi connectivity index (χ2v) is 11.4. The first kappa shape index (κ1) is 24.0. The van der Waals surface area contributed by atoms with E-state index in [1.807, 2.05) is 6.92 Å². The lowest BCUT2D eigenvalue weighted by molar-refractivity contribution is -0.137. The van der Waals surface area contributed by atoms with Crippen LogP contribution in [0.3, 0.4) is 0 Å². The van der Waals surface area contributed by atoms with Crippen LogP contribution in [0, 0.1) is 17.8 Å². The molecule has 0 spiro atoms. The minimum Gasteiger partial charge on any atom is -0.452 e. The Morgan fingerprint density at radius 1 is 1.10 bits per heavy atom. The van der Waals surface area contributed by atoms with Gasteiger partial charge < -0.3 is 9.64 Å².